The summed E-state index contributed by atoms with van der Waals surface area (Å²) in [5.41, 5.74) is 4.68. The summed E-state index contributed by atoms with van der Waals surface area (Å²) in [6.07, 6.45) is 3.04. The van der Waals surface area contributed by atoms with E-state index >= 15 is 0 Å². The molecule has 3 rings (SSSR count). The first-order chi connectivity index (χ1) is 10.6. The Bertz CT molecular complexity index is 913. The van der Waals surface area contributed by atoms with Crippen molar-refractivity contribution in [2.75, 3.05) is 5.43 Å². The van der Waals surface area contributed by atoms with Crippen LogP contribution in [0.3, 0.4) is 0 Å². The SMILES string of the molecule is O=[N+]([O-])c1ccc(/C=N/Nc2[nH]c(=S)nc3nc[nH]c23)cc1. The molecule has 110 valence electrons. The van der Waals surface area contributed by atoms with Gasteiger partial charge in [0.1, 0.15) is 5.52 Å². The fraction of sp³-hybridized carbons (Fsp3) is 0. The molecule has 0 saturated carbocycles. The van der Waals surface area contributed by atoms with Crippen LogP contribution in [-0.2, 0) is 0 Å². The summed E-state index contributed by atoms with van der Waals surface area (Å²) in [6, 6.07) is 6.02. The average molecular weight is 315 g/mol. The maximum Gasteiger partial charge on any atom is 0.269 e. The third-order valence-corrected chi connectivity index (χ3v) is 3.00. The van der Waals surface area contributed by atoms with Gasteiger partial charge >= 0.3 is 0 Å². The molecule has 0 aliphatic rings. The number of hydrogen-bond donors (Lipinski definition) is 3. The Morgan fingerprint density at radius 3 is 2.86 bits per heavy atom. The Kier molecular flexibility index (Phi) is 3.58. The van der Waals surface area contributed by atoms with E-state index < -0.39 is 4.92 Å². The van der Waals surface area contributed by atoms with Gasteiger partial charge in [-0.25, -0.2) is 4.98 Å². The summed E-state index contributed by atoms with van der Waals surface area (Å²) in [5.74, 6) is 0.533. The fourth-order valence-electron chi connectivity index (χ4n) is 1.79. The van der Waals surface area contributed by atoms with Gasteiger partial charge < -0.3 is 9.97 Å². The van der Waals surface area contributed by atoms with Crippen LogP contribution in [0.5, 0.6) is 0 Å². The molecule has 0 spiro atoms. The third-order valence-electron chi connectivity index (χ3n) is 2.80. The van der Waals surface area contributed by atoms with Crippen LogP contribution in [-0.4, -0.2) is 31.1 Å². The number of rotatable bonds is 4. The van der Waals surface area contributed by atoms with Crippen molar-refractivity contribution < 1.29 is 4.92 Å². The second-order valence-electron chi connectivity index (χ2n) is 4.24. The summed E-state index contributed by atoms with van der Waals surface area (Å²) >= 11 is 5.00. The molecule has 0 unspecified atom stereocenters. The lowest BCUT2D eigenvalue weighted by Gasteiger charge is -2.01. The van der Waals surface area contributed by atoms with Crippen LogP contribution in [0.25, 0.3) is 11.2 Å². The molecule has 0 bridgehead atoms. The van der Waals surface area contributed by atoms with Crippen LogP contribution in [0.2, 0.25) is 0 Å². The number of nitro benzene ring substituents is 1. The number of anilines is 1. The molecular weight excluding hydrogens is 306 g/mol. The van der Waals surface area contributed by atoms with Gasteiger partial charge in [-0.1, -0.05) is 0 Å². The van der Waals surface area contributed by atoms with Gasteiger partial charge in [0, 0.05) is 12.1 Å². The molecule has 0 radical (unpaired) electrons. The minimum absolute atomic E-state index is 0.0301. The number of hydrazone groups is 1. The van der Waals surface area contributed by atoms with Crippen molar-refractivity contribution >= 4 is 41.1 Å². The van der Waals surface area contributed by atoms with Gasteiger partial charge in [0.15, 0.2) is 11.5 Å². The van der Waals surface area contributed by atoms with Crippen molar-refractivity contribution in [1.82, 2.24) is 19.9 Å². The molecule has 0 saturated heterocycles. The van der Waals surface area contributed by atoms with E-state index in [1.807, 2.05) is 0 Å². The maximum atomic E-state index is 10.6. The number of H-pyrrole nitrogens is 2. The average Bonchev–Trinajstić information content (AvgIpc) is 2.96. The van der Waals surface area contributed by atoms with Gasteiger partial charge in [0.25, 0.3) is 5.69 Å². The highest BCUT2D eigenvalue weighted by Gasteiger charge is 2.05. The minimum atomic E-state index is -0.453. The van der Waals surface area contributed by atoms with Crippen molar-refractivity contribution in [3.8, 4) is 0 Å². The zero-order valence-electron chi connectivity index (χ0n) is 11.0. The lowest BCUT2D eigenvalue weighted by Crippen LogP contribution is -1.97. The Balaban J connectivity index is 1.80. The molecule has 1 aromatic carbocycles. The first-order valence-corrected chi connectivity index (χ1v) is 6.51. The summed E-state index contributed by atoms with van der Waals surface area (Å²) in [5, 5.41) is 14.6. The number of imidazole rings is 1. The van der Waals surface area contributed by atoms with Gasteiger partial charge in [0.2, 0.25) is 4.77 Å². The predicted octanol–water partition coefficient (Wildman–Crippen LogP) is 2.37. The van der Waals surface area contributed by atoms with Gasteiger partial charge in [0.05, 0.1) is 17.5 Å². The van der Waals surface area contributed by atoms with Crippen LogP contribution >= 0.6 is 12.2 Å². The topological polar surface area (TPSA) is 125 Å². The highest BCUT2D eigenvalue weighted by molar-refractivity contribution is 7.71. The number of nitrogens with zero attached hydrogens (tertiary/aromatic N) is 4. The fourth-order valence-corrected chi connectivity index (χ4v) is 1.98. The molecular formula is C12H9N7O2S. The van der Waals surface area contributed by atoms with Gasteiger partial charge in [-0.3, -0.25) is 15.5 Å². The van der Waals surface area contributed by atoms with Crippen LogP contribution in [0.4, 0.5) is 11.5 Å². The number of non-ortho nitro benzene ring substituents is 1. The zero-order chi connectivity index (χ0) is 15.5. The minimum Gasteiger partial charge on any atom is -0.340 e. The Morgan fingerprint density at radius 2 is 2.14 bits per heavy atom. The van der Waals surface area contributed by atoms with E-state index in [9.17, 15) is 10.1 Å². The second-order valence-corrected chi connectivity index (χ2v) is 4.62. The second kappa shape index (κ2) is 5.69. The van der Waals surface area contributed by atoms with E-state index in [-0.39, 0.29) is 10.5 Å². The van der Waals surface area contributed by atoms with Gasteiger partial charge in [-0.2, -0.15) is 10.1 Å². The first-order valence-electron chi connectivity index (χ1n) is 6.10. The van der Waals surface area contributed by atoms with Gasteiger partial charge in [-0.05, 0) is 29.9 Å². The molecule has 0 amide bonds. The summed E-state index contributed by atoms with van der Waals surface area (Å²) in [6.45, 7) is 0. The monoisotopic (exact) mass is 315 g/mol. The van der Waals surface area contributed by atoms with Crippen molar-refractivity contribution in [3.63, 3.8) is 0 Å². The van der Waals surface area contributed by atoms with E-state index in [1.165, 1.54) is 24.7 Å². The molecule has 0 aliphatic heterocycles. The normalized spacial score (nSPS) is 11.1. The van der Waals surface area contributed by atoms with Crippen LogP contribution in [0.15, 0.2) is 35.7 Å². The first kappa shape index (κ1) is 13.8. The van der Waals surface area contributed by atoms with Crippen molar-refractivity contribution in [2.24, 2.45) is 5.10 Å². The van der Waals surface area contributed by atoms with Crippen LogP contribution < -0.4 is 5.43 Å². The third kappa shape index (κ3) is 2.81. The lowest BCUT2D eigenvalue weighted by atomic mass is 10.2. The van der Waals surface area contributed by atoms with E-state index in [0.717, 1.165) is 0 Å². The quantitative estimate of drug-likeness (QED) is 0.294. The number of nitrogens with one attached hydrogen (secondary N) is 3. The molecule has 0 aliphatic carbocycles. The molecule has 3 aromatic rings. The molecule has 22 heavy (non-hydrogen) atoms. The number of aromatic nitrogens is 4. The van der Waals surface area contributed by atoms with Crippen molar-refractivity contribution in [3.05, 3.63) is 51.0 Å². The number of hydrogen-bond acceptors (Lipinski definition) is 7. The van der Waals surface area contributed by atoms with E-state index in [0.29, 0.717) is 22.5 Å². The Labute approximate surface area is 128 Å². The highest BCUT2D eigenvalue weighted by Crippen LogP contribution is 2.15. The Morgan fingerprint density at radius 1 is 1.36 bits per heavy atom. The van der Waals surface area contributed by atoms with Crippen LogP contribution in [0, 0.1) is 14.9 Å². The zero-order valence-corrected chi connectivity index (χ0v) is 11.8. The predicted molar refractivity (Wildman–Crippen MR) is 83.4 cm³/mol. The molecule has 3 N–H and O–H groups in total. The van der Waals surface area contributed by atoms with Gasteiger partial charge in [-0.15, -0.1) is 0 Å². The maximum absolute atomic E-state index is 10.6. The summed E-state index contributed by atoms with van der Waals surface area (Å²) in [7, 11) is 0. The van der Waals surface area contributed by atoms with Crippen LogP contribution in [0.1, 0.15) is 5.56 Å². The highest BCUT2D eigenvalue weighted by atomic mass is 32.1. The number of benzene rings is 1. The molecule has 2 aromatic heterocycles. The van der Waals surface area contributed by atoms with E-state index in [1.54, 1.807) is 12.1 Å². The smallest absolute Gasteiger partial charge is 0.269 e. The number of fused-ring (bicyclic) bond motifs is 1. The van der Waals surface area contributed by atoms with E-state index in [4.69, 9.17) is 12.2 Å². The van der Waals surface area contributed by atoms with Crippen molar-refractivity contribution in [1.29, 1.82) is 0 Å². The number of aromatic amines is 2. The standard InChI is InChI=1S/C12H9N7O2S/c20-19(21)8-3-1-7(2-4-8)5-15-18-11-9-10(14-6-13-9)16-12(22)17-11/h1-6H,(H3,13,14,16,17,18,22)/b15-5+. The van der Waals surface area contributed by atoms with Crippen molar-refractivity contribution in [2.45, 2.75) is 0 Å². The molecule has 0 atom stereocenters. The molecule has 2 heterocycles. The summed E-state index contributed by atoms with van der Waals surface area (Å²) in [4.78, 5) is 24.0. The Hall–Kier alpha value is -3.14. The molecule has 10 heteroatoms. The molecule has 0 fully saturated rings. The largest absolute Gasteiger partial charge is 0.340 e. The van der Waals surface area contributed by atoms with E-state index in [2.05, 4.69) is 30.5 Å². The lowest BCUT2D eigenvalue weighted by molar-refractivity contribution is -0.384. The number of nitro groups is 1. The summed E-state index contributed by atoms with van der Waals surface area (Å²) < 4.78 is 0.285. The molecule has 9 nitrogen and oxygen atoms in total.